The first-order valence-corrected chi connectivity index (χ1v) is 6.70. The summed E-state index contributed by atoms with van der Waals surface area (Å²) < 4.78 is 7.51. The minimum absolute atomic E-state index is 0.175. The quantitative estimate of drug-likeness (QED) is 0.745. The molecule has 19 heavy (non-hydrogen) atoms. The van der Waals surface area contributed by atoms with Crippen molar-refractivity contribution in [2.24, 2.45) is 0 Å². The van der Waals surface area contributed by atoms with Crippen LogP contribution in [-0.4, -0.2) is 44.9 Å². The fourth-order valence-electron chi connectivity index (χ4n) is 2.61. The molecular weight excluding hydrogens is 266 g/mol. The molecule has 3 rings (SSSR count). The van der Waals surface area contributed by atoms with Gasteiger partial charge in [0.2, 0.25) is 0 Å². The summed E-state index contributed by atoms with van der Waals surface area (Å²) in [6.45, 7) is 7.70. The number of halogens is 1. The van der Waals surface area contributed by atoms with Crippen LogP contribution in [0.25, 0.3) is 5.78 Å². The molecule has 2 aromatic rings. The van der Waals surface area contributed by atoms with Gasteiger partial charge in [-0.25, -0.2) is 0 Å². The second-order valence-electron chi connectivity index (χ2n) is 4.99. The summed E-state index contributed by atoms with van der Waals surface area (Å²) in [5, 5.41) is 4.72. The molecule has 0 saturated carbocycles. The van der Waals surface area contributed by atoms with Crippen LogP contribution in [0, 0.1) is 6.92 Å². The van der Waals surface area contributed by atoms with Gasteiger partial charge in [0.25, 0.3) is 5.78 Å². The number of hydrogen-bond acceptors (Lipinski definition) is 5. The highest BCUT2D eigenvalue weighted by molar-refractivity contribution is 6.30. The van der Waals surface area contributed by atoms with Crippen molar-refractivity contribution in [3.63, 3.8) is 0 Å². The van der Waals surface area contributed by atoms with E-state index in [4.69, 9.17) is 16.3 Å². The summed E-state index contributed by atoms with van der Waals surface area (Å²) in [4.78, 5) is 10.6. The van der Waals surface area contributed by atoms with Crippen LogP contribution >= 0.6 is 11.6 Å². The average molecular weight is 282 g/mol. The fraction of sp³-hybridized carbons (Fsp3) is 0.583. The summed E-state index contributed by atoms with van der Waals surface area (Å²) >= 11 is 6.19. The van der Waals surface area contributed by atoms with Crippen LogP contribution in [0.1, 0.15) is 19.4 Å². The monoisotopic (exact) mass is 281 g/mol. The molecule has 0 spiro atoms. The molecule has 3 heterocycles. The van der Waals surface area contributed by atoms with Crippen molar-refractivity contribution in [2.45, 2.75) is 33.0 Å². The molecule has 1 fully saturated rings. The Morgan fingerprint density at radius 1 is 1.32 bits per heavy atom. The Kier molecular flexibility index (Phi) is 3.06. The Balaban J connectivity index is 2.12. The van der Waals surface area contributed by atoms with Crippen LogP contribution in [-0.2, 0) is 4.74 Å². The third-order valence-corrected chi connectivity index (χ3v) is 3.66. The van der Waals surface area contributed by atoms with Crippen molar-refractivity contribution in [2.75, 3.05) is 18.0 Å². The first kappa shape index (κ1) is 12.6. The van der Waals surface area contributed by atoms with E-state index in [1.54, 1.807) is 4.52 Å². The molecule has 0 aliphatic carbocycles. The van der Waals surface area contributed by atoms with Gasteiger partial charge in [-0.05, 0) is 20.8 Å². The number of ether oxygens (including phenoxy) is 1. The van der Waals surface area contributed by atoms with Gasteiger partial charge in [-0.15, -0.1) is 0 Å². The fourth-order valence-corrected chi connectivity index (χ4v) is 2.77. The highest BCUT2D eigenvalue weighted by Crippen LogP contribution is 2.28. The summed E-state index contributed by atoms with van der Waals surface area (Å²) in [5.74, 6) is 1.48. The van der Waals surface area contributed by atoms with Gasteiger partial charge in [0.1, 0.15) is 17.3 Å². The summed E-state index contributed by atoms with van der Waals surface area (Å²) in [6, 6.07) is 0. The number of morpholine rings is 1. The van der Waals surface area contributed by atoms with Gasteiger partial charge in [-0.2, -0.15) is 19.6 Å². The van der Waals surface area contributed by atoms with E-state index in [-0.39, 0.29) is 12.2 Å². The Morgan fingerprint density at radius 2 is 2.00 bits per heavy atom. The van der Waals surface area contributed by atoms with E-state index in [9.17, 15) is 0 Å². The summed E-state index contributed by atoms with van der Waals surface area (Å²) in [5.41, 5.74) is 0.918. The van der Waals surface area contributed by atoms with Gasteiger partial charge in [0.15, 0.2) is 0 Å². The van der Waals surface area contributed by atoms with Crippen LogP contribution < -0.4 is 4.90 Å². The maximum Gasteiger partial charge on any atom is 0.255 e. The van der Waals surface area contributed by atoms with Gasteiger partial charge in [-0.3, -0.25) is 0 Å². The molecule has 0 radical (unpaired) electrons. The van der Waals surface area contributed by atoms with E-state index in [0.29, 0.717) is 10.9 Å². The molecule has 0 unspecified atom stereocenters. The third-order valence-electron chi connectivity index (χ3n) is 3.29. The average Bonchev–Trinajstić information content (AvgIpc) is 2.76. The normalized spacial score (nSPS) is 24.1. The molecular formula is C12H16ClN5O. The first-order chi connectivity index (χ1) is 9.06. The van der Waals surface area contributed by atoms with Gasteiger partial charge in [0.05, 0.1) is 12.2 Å². The van der Waals surface area contributed by atoms with Gasteiger partial charge >= 0.3 is 0 Å². The van der Waals surface area contributed by atoms with E-state index in [0.717, 1.165) is 24.5 Å². The van der Waals surface area contributed by atoms with E-state index in [1.807, 2.05) is 6.92 Å². The van der Waals surface area contributed by atoms with Crippen LogP contribution in [0.4, 0.5) is 5.82 Å². The highest BCUT2D eigenvalue weighted by atomic mass is 35.5. The third kappa shape index (κ3) is 2.15. The Bertz CT molecular complexity index is 603. The van der Waals surface area contributed by atoms with E-state index < -0.39 is 0 Å². The second kappa shape index (κ2) is 4.61. The lowest BCUT2D eigenvalue weighted by molar-refractivity contribution is -0.00560. The number of fused-ring (bicyclic) bond motifs is 1. The lowest BCUT2D eigenvalue weighted by Crippen LogP contribution is -2.46. The molecule has 0 N–H and O–H groups in total. The minimum Gasteiger partial charge on any atom is -0.372 e. The number of nitrogens with zero attached hydrogens (tertiary/aromatic N) is 5. The van der Waals surface area contributed by atoms with Crippen molar-refractivity contribution >= 4 is 23.2 Å². The molecule has 1 aliphatic heterocycles. The molecule has 102 valence electrons. The van der Waals surface area contributed by atoms with Crippen LogP contribution in [0.5, 0.6) is 0 Å². The number of anilines is 1. The number of aromatic nitrogens is 4. The largest absolute Gasteiger partial charge is 0.372 e. The second-order valence-corrected chi connectivity index (χ2v) is 5.34. The first-order valence-electron chi connectivity index (χ1n) is 6.32. The molecule has 0 aromatic carbocycles. The predicted octanol–water partition coefficient (Wildman–Crippen LogP) is 1.70. The lowest BCUT2D eigenvalue weighted by atomic mass is 10.2. The van der Waals surface area contributed by atoms with Crippen molar-refractivity contribution in [3.8, 4) is 0 Å². The summed E-state index contributed by atoms with van der Waals surface area (Å²) in [6.07, 6.45) is 1.84. The minimum atomic E-state index is 0.175. The predicted molar refractivity (Wildman–Crippen MR) is 72.8 cm³/mol. The molecule has 1 aliphatic rings. The van der Waals surface area contributed by atoms with Crippen molar-refractivity contribution in [3.05, 3.63) is 17.0 Å². The molecule has 1 saturated heterocycles. The smallest absolute Gasteiger partial charge is 0.255 e. The topological polar surface area (TPSA) is 55.5 Å². The maximum atomic E-state index is 6.19. The molecule has 6 nitrogen and oxygen atoms in total. The Labute approximate surface area is 116 Å². The molecule has 7 heteroatoms. The molecule has 0 amide bonds. The molecule has 0 bridgehead atoms. The van der Waals surface area contributed by atoms with Crippen LogP contribution in [0.15, 0.2) is 6.33 Å². The zero-order valence-corrected chi connectivity index (χ0v) is 11.9. The molecule has 2 atom stereocenters. The van der Waals surface area contributed by atoms with E-state index in [2.05, 4.69) is 33.8 Å². The Morgan fingerprint density at radius 3 is 2.68 bits per heavy atom. The number of hydrogen-bond donors (Lipinski definition) is 0. The molecule has 2 aromatic heterocycles. The van der Waals surface area contributed by atoms with Gasteiger partial charge in [-0.1, -0.05) is 11.6 Å². The van der Waals surface area contributed by atoms with E-state index >= 15 is 0 Å². The van der Waals surface area contributed by atoms with Crippen LogP contribution in [0.2, 0.25) is 5.15 Å². The van der Waals surface area contributed by atoms with Crippen LogP contribution in [0.3, 0.4) is 0 Å². The zero-order chi connectivity index (χ0) is 13.6. The van der Waals surface area contributed by atoms with Crippen molar-refractivity contribution in [1.82, 2.24) is 19.6 Å². The standard InChI is InChI=1S/C12H16ClN5O/c1-7-4-17(5-8(2)19-7)11-9(3)10(13)16-12-14-6-15-18(11)12/h6-8H,4-5H2,1-3H3/t7-,8+. The van der Waals surface area contributed by atoms with Gasteiger partial charge in [0, 0.05) is 18.7 Å². The van der Waals surface area contributed by atoms with Gasteiger partial charge < -0.3 is 9.64 Å². The highest BCUT2D eigenvalue weighted by Gasteiger charge is 2.26. The number of rotatable bonds is 1. The van der Waals surface area contributed by atoms with E-state index in [1.165, 1.54) is 6.33 Å². The summed E-state index contributed by atoms with van der Waals surface area (Å²) in [7, 11) is 0. The van der Waals surface area contributed by atoms with Crippen molar-refractivity contribution < 1.29 is 4.74 Å². The SMILES string of the molecule is Cc1c(Cl)nc2ncnn2c1N1C[C@@H](C)O[C@@H](C)C1. The zero-order valence-electron chi connectivity index (χ0n) is 11.2. The lowest BCUT2D eigenvalue weighted by Gasteiger charge is -2.37. The Hall–Kier alpha value is -1.40. The van der Waals surface area contributed by atoms with Crippen molar-refractivity contribution in [1.29, 1.82) is 0 Å². The maximum absolute atomic E-state index is 6.19.